The zero-order valence-corrected chi connectivity index (χ0v) is 11.2. The Morgan fingerprint density at radius 2 is 2.00 bits per heavy atom. The Morgan fingerprint density at radius 1 is 1.19 bits per heavy atom. The van der Waals surface area contributed by atoms with Crippen LogP contribution in [-0.4, -0.2) is 10.9 Å². The van der Waals surface area contributed by atoms with Gasteiger partial charge in [-0.3, -0.25) is 4.79 Å². The van der Waals surface area contributed by atoms with Gasteiger partial charge >= 0.3 is 0 Å². The zero-order valence-electron chi connectivity index (χ0n) is 11.2. The third kappa shape index (κ3) is 2.50. The van der Waals surface area contributed by atoms with Crippen molar-refractivity contribution in [3.05, 3.63) is 54.2 Å². The highest BCUT2D eigenvalue weighted by atomic mass is 19.1. The maximum absolute atomic E-state index is 14.0. The van der Waals surface area contributed by atoms with Gasteiger partial charge in [0, 0.05) is 29.8 Å². The van der Waals surface area contributed by atoms with E-state index in [4.69, 9.17) is 0 Å². The predicted octanol–water partition coefficient (Wildman–Crippen LogP) is 4.07. The van der Waals surface area contributed by atoms with Crippen LogP contribution in [0.3, 0.4) is 0 Å². The van der Waals surface area contributed by atoms with E-state index in [0.29, 0.717) is 27.7 Å². The Labute approximate surface area is 119 Å². The second-order valence-corrected chi connectivity index (χ2v) is 4.77. The molecule has 0 saturated heterocycles. The normalized spacial score (nSPS) is 10.8. The molecule has 0 unspecified atom stereocenters. The topological polar surface area (TPSA) is 44.9 Å². The Hall–Kier alpha value is -2.69. The molecular formula is C16H12F2N2O. The van der Waals surface area contributed by atoms with Crippen molar-refractivity contribution in [3.63, 3.8) is 0 Å². The first-order valence-corrected chi connectivity index (χ1v) is 6.39. The number of aromatic amines is 1. The third-order valence-corrected chi connectivity index (χ3v) is 3.20. The summed E-state index contributed by atoms with van der Waals surface area (Å²) < 4.78 is 27.4. The van der Waals surface area contributed by atoms with E-state index in [1.807, 2.05) is 0 Å². The highest BCUT2D eigenvalue weighted by Gasteiger charge is 2.12. The minimum atomic E-state index is -0.473. The van der Waals surface area contributed by atoms with Crippen LogP contribution in [0.15, 0.2) is 42.6 Å². The summed E-state index contributed by atoms with van der Waals surface area (Å²) in [4.78, 5) is 14.0. The smallest absolute Gasteiger partial charge is 0.221 e. The Balaban J connectivity index is 2.20. The Morgan fingerprint density at radius 3 is 2.71 bits per heavy atom. The van der Waals surface area contributed by atoms with Gasteiger partial charge in [0.05, 0.1) is 5.52 Å². The number of hydrogen-bond acceptors (Lipinski definition) is 1. The van der Waals surface area contributed by atoms with E-state index >= 15 is 0 Å². The van der Waals surface area contributed by atoms with Crippen LogP contribution in [0.25, 0.3) is 22.0 Å². The summed E-state index contributed by atoms with van der Waals surface area (Å²) in [5.74, 6) is -1.11. The molecule has 21 heavy (non-hydrogen) atoms. The molecule has 0 saturated carbocycles. The fraction of sp³-hybridized carbons (Fsp3) is 0.0625. The van der Waals surface area contributed by atoms with E-state index in [9.17, 15) is 13.6 Å². The molecule has 0 aliphatic heterocycles. The van der Waals surface area contributed by atoms with Crippen molar-refractivity contribution < 1.29 is 13.6 Å². The molecule has 2 N–H and O–H groups in total. The molecule has 0 spiro atoms. The SMILES string of the molecule is CC(=O)Nc1cc(F)c2[nH]cc(-c3cccc(F)c3)c2c1. The second kappa shape index (κ2) is 5.01. The van der Waals surface area contributed by atoms with Gasteiger partial charge in [0.15, 0.2) is 0 Å². The van der Waals surface area contributed by atoms with Gasteiger partial charge in [-0.15, -0.1) is 0 Å². The number of amides is 1. The summed E-state index contributed by atoms with van der Waals surface area (Å²) in [5, 5.41) is 3.14. The van der Waals surface area contributed by atoms with E-state index in [-0.39, 0.29) is 11.7 Å². The van der Waals surface area contributed by atoms with Crippen molar-refractivity contribution in [2.75, 3.05) is 5.32 Å². The van der Waals surface area contributed by atoms with Crippen molar-refractivity contribution in [1.29, 1.82) is 0 Å². The number of aromatic nitrogens is 1. The average molecular weight is 286 g/mol. The van der Waals surface area contributed by atoms with E-state index in [2.05, 4.69) is 10.3 Å². The monoisotopic (exact) mass is 286 g/mol. The van der Waals surface area contributed by atoms with Crippen LogP contribution in [0.2, 0.25) is 0 Å². The predicted molar refractivity (Wildman–Crippen MR) is 78.0 cm³/mol. The molecule has 1 heterocycles. The molecular weight excluding hydrogens is 274 g/mol. The summed E-state index contributed by atoms with van der Waals surface area (Å²) >= 11 is 0. The number of carbonyl (C=O) groups excluding carboxylic acids is 1. The van der Waals surface area contributed by atoms with Crippen LogP contribution in [0, 0.1) is 11.6 Å². The number of rotatable bonds is 2. The fourth-order valence-corrected chi connectivity index (χ4v) is 2.36. The Kier molecular flexibility index (Phi) is 3.17. The van der Waals surface area contributed by atoms with Gasteiger partial charge in [0.2, 0.25) is 5.91 Å². The summed E-state index contributed by atoms with van der Waals surface area (Å²) in [6.07, 6.45) is 1.63. The number of fused-ring (bicyclic) bond motifs is 1. The molecule has 5 heteroatoms. The van der Waals surface area contributed by atoms with Gasteiger partial charge in [-0.1, -0.05) is 12.1 Å². The number of benzene rings is 2. The number of H-pyrrole nitrogens is 1. The third-order valence-electron chi connectivity index (χ3n) is 3.20. The van der Waals surface area contributed by atoms with E-state index in [0.717, 1.165) is 0 Å². The number of halogens is 2. The minimum absolute atomic E-state index is 0.281. The number of carbonyl (C=O) groups is 1. The molecule has 2 aromatic carbocycles. The minimum Gasteiger partial charge on any atom is -0.358 e. The molecule has 106 valence electrons. The molecule has 0 aliphatic carbocycles. The van der Waals surface area contributed by atoms with Crippen LogP contribution in [0.5, 0.6) is 0 Å². The molecule has 0 fully saturated rings. The molecule has 1 amide bonds. The first-order valence-electron chi connectivity index (χ1n) is 6.39. The summed E-state index contributed by atoms with van der Waals surface area (Å²) in [7, 11) is 0. The van der Waals surface area contributed by atoms with Crippen LogP contribution >= 0.6 is 0 Å². The molecule has 0 bridgehead atoms. The summed E-state index contributed by atoms with van der Waals surface area (Å²) in [6.45, 7) is 1.35. The molecule has 3 aromatic rings. The lowest BCUT2D eigenvalue weighted by atomic mass is 10.0. The number of anilines is 1. The molecule has 1 aromatic heterocycles. The van der Waals surface area contributed by atoms with E-state index in [1.54, 1.807) is 24.4 Å². The maximum Gasteiger partial charge on any atom is 0.221 e. The van der Waals surface area contributed by atoms with E-state index in [1.165, 1.54) is 25.1 Å². The summed E-state index contributed by atoms with van der Waals surface area (Å²) in [6, 6.07) is 8.98. The van der Waals surface area contributed by atoms with Crippen LogP contribution in [-0.2, 0) is 4.79 Å². The van der Waals surface area contributed by atoms with Gasteiger partial charge in [-0.05, 0) is 29.8 Å². The lowest BCUT2D eigenvalue weighted by Gasteiger charge is -2.05. The molecule has 3 rings (SSSR count). The van der Waals surface area contributed by atoms with Crippen molar-refractivity contribution >= 4 is 22.5 Å². The van der Waals surface area contributed by atoms with Gasteiger partial charge in [0.1, 0.15) is 11.6 Å². The number of nitrogens with one attached hydrogen (secondary N) is 2. The Bertz CT molecular complexity index is 839. The van der Waals surface area contributed by atoms with Crippen molar-refractivity contribution in [1.82, 2.24) is 4.98 Å². The fourth-order valence-electron chi connectivity index (χ4n) is 2.36. The van der Waals surface area contributed by atoms with Crippen LogP contribution in [0.4, 0.5) is 14.5 Å². The second-order valence-electron chi connectivity index (χ2n) is 4.77. The molecule has 0 aliphatic rings. The van der Waals surface area contributed by atoms with Gasteiger partial charge in [-0.25, -0.2) is 8.78 Å². The highest BCUT2D eigenvalue weighted by molar-refractivity contribution is 5.99. The van der Waals surface area contributed by atoms with Crippen molar-refractivity contribution in [2.45, 2.75) is 6.92 Å². The first-order chi connectivity index (χ1) is 10.0. The highest BCUT2D eigenvalue weighted by Crippen LogP contribution is 2.32. The molecule has 0 atom stereocenters. The largest absolute Gasteiger partial charge is 0.358 e. The summed E-state index contributed by atoms with van der Waals surface area (Å²) in [5.41, 5.74) is 2.00. The molecule has 0 radical (unpaired) electrons. The lowest BCUT2D eigenvalue weighted by molar-refractivity contribution is -0.114. The zero-order chi connectivity index (χ0) is 15.0. The number of hydrogen-bond donors (Lipinski definition) is 2. The first kappa shape index (κ1) is 13.3. The van der Waals surface area contributed by atoms with Gasteiger partial charge < -0.3 is 10.3 Å². The standard InChI is InChI=1S/C16H12F2N2O/c1-9(21)20-12-6-13-14(8-19-16(13)15(18)7-12)10-3-2-4-11(17)5-10/h2-8,19H,1H3,(H,20,21). The van der Waals surface area contributed by atoms with Crippen LogP contribution < -0.4 is 5.32 Å². The average Bonchev–Trinajstić information content (AvgIpc) is 2.82. The maximum atomic E-state index is 14.0. The quantitative estimate of drug-likeness (QED) is 0.732. The van der Waals surface area contributed by atoms with Crippen molar-refractivity contribution in [2.24, 2.45) is 0 Å². The molecule has 3 nitrogen and oxygen atoms in total. The van der Waals surface area contributed by atoms with Gasteiger partial charge in [-0.2, -0.15) is 0 Å². The lowest BCUT2D eigenvalue weighted by Crippen LogP contribution is -2.05. The van der Waals surface area contributed by atoms with Crippen molar-refractivity contribution in [3.8, 4) is 11.1 Å². The van der Waals surface area contributed by atoms with E-state index < -0.39 is 5.82 Å². The van der Waals surface area contributed by atoms with Gasteiger partial charge in [0.25, 0.3) is 0 Å². The van der Waals surface area contributed by atoms with Crippen LogP contribution in [0.1, 0.15) is 6.92 Å².